The van der Waals surface area contributed by atoms with E-state index < -0.39 is 5.97 Å². The minimum atomic E-state index is -0.416. The van der Waals surface area contributed by atoms with Gasteiger partial charge in [-0.05, 0) is 24.3 Å². The van der Waals surface area contributed by atoms with Gasteiger partial charge >= 0.3 is 5.97 Å². The molecule has 10 heteroatoms. The quantitative estimate of drug-likeness (QED) is 0.428. The lowest BCUT2D eigenvalue weighted by molar-refractivity contribution is -0.139. The number of benzene rings is 1. The molecule has 0 N–H and O–H groups in total. The van der Waals surface area contributed by atoms with Gasteiger partial charge in [-0.1, -0.05) is 18.2 Å². The second kappa shape index (κ2) is 6.75. The molecule has 0 saturated heterocycles. The third kappa shape index (κ3) is 2.87. The van der Waals surface area contributed by atoms with E-state index in [0.717, 1.165) is 11.3 Å². The number of pyridine rings is 1. The van der Waals surface area contributed by atoms with Crippen LogP contribution < -0.4 is 0 Å². The van der Waals surface area contributed by atoms with Crippen molar-refractivity contribution in [2.24, 2.45) is 0 Å². The minimum Gasteiger partial charge on any atom is -0.469 e. The van der Waals surface area contributed by atoms with Gasteiger partial charge in [0.1, 0.15) is 5.69 Å². The highest BCUT2D eigenvalue weighted by Crippen LogP contribution is 2.22. The van der Waals surface area contributed by atoms with Crippen LogP contribution in [0.25, 0.3) is 34.0 Å². The average Bonchev–Trinajstić information content (AvgIpc) is 3.36. The van der Waals surface area contributed by atoms with Gasteiger partial charge in [0.15, 0.2) is 17.0 Å². The Morgan fingerprint density at radius 1 is 1.07 bits per heavy atom. The number of rotatable bonds is 4. The molecule has 0 aliphatic rings. The Kier molecular flexibility index (Phi) is 3.94. The molecule has 142 valence electrons. The smallest absolute Gasteiger partial charge is 0.311 e. The van der Waals surface area contributed by atoms with E-state index in [1.165, 1.54) is 7.11 Å². The molecule has 0 atom stereocenters. The molecule has 0 aliphatic carbocycles. The topological polar surface area (TPSA) is 113 Å². The van der Waals surface area contributed by atoms with Crippen LogP contribution in [0.5, 0.6) is 0 Å². The third-order valence-corrected chi connectivity index (χ3v) is 4.40. The lowest BCUT2D eigenvalue weighted by Gasteiger charge is -2.02. The fourth-order valence-electron chi connectivity index (χ4n) is 3.04. The molecule has 0 radical (unpaired) electrons. The summed E-state index contributed by atoms with van der Waals surface area (Å²) in [5.41, 5.74) is 3.01. The summed E-state index contributed by atoms with van der Waals surface area (Å²) < 4.78 is 8.04. The van der Waals surface area contributed by atoms with Gasteiger partial charge in [-0.3, -0.25) is 9.78 Å². The molecule has 4 aromatic heterocycles. The minimum absolute atomic E-state index is 0.0306. The van der Waals surface area contributed by atoms with E-state index in [2.05, 4.69) is 30.4 Å². The van der Waals surface area contributed by atoms with E-state index in [-0.39, 0.29) is 6.42 Å². The predicted octanol–water partition coefficient (Wildman–Crippen LogP) is 1.64. The molecule has 0 saturated carbocycles. The summed E-state index contributed by atoms with van der Waals surface area (Å²) in [7, 11) is 1.33. The average molecular weight is 386 g/mol. The van der Waals surface area contributed by atoms with E-state index in [4.69, 9.17) is 4.74 Å². The lowest BCUT2D eigenvalue weighted by atomic mass is 10.3. The van der Waals surface area contributed by atoms with Gasteiger partial charge in [0, 0.05) is 18.0 Å². The number of hydrogen-bond acceptors (Lipinski definition) is 8. The molecule has 0 aliphatic heterocycles. The van der Waals surface area contributed by atoms with Crippen molar-refractivity contribution in [1.29, 1.82) is 0 Å². The normalized spacial score (nSPS) is 11.2. The number of fused-ring (bicyclic) bond motifs is 3. The molecule has 0 bridgehead atoms. The summed E-state index contributed by atoms with van der Waals surface area (Å²) in [6.45, 7) is 0. The molecule has 1 aromatic carbocycles. The number of carbonyl (C=O) groups excluding carboxylic acids is 1. The Morgan fingerprint density at radius 3 is 2.69 bits per heavy atom. The molecule has 5 aromatic rings. The zero-order valence-electron chi connectivity index (χ0n) is 15.3. The highest BCUT2D eigenvalue weighted by atomic mass is 16.5. The molecule has 10 nitrogen and oxygen atoms in total. The number of carbonyl (C=O) groups is 1. The molecule has 0 unspecified atom stereocenters. The standard InChI is InChI=1S/C19H14N8O2/c1-29-15(28)10-14-16-18(26(24-14)13-7-3-2-4-8-13)27-19(23-22-16)21-17(25-27)12-6-5-9-20-11-12/h2-9,11H,10H2,1H3. The summed E-state index contributed by atoms with van der Waals surface area (Å²) in [5.74, 6) is 0.370. The second-order valence-electron chi connectivity index (χ2n) is 6.21. The van der Waals surface area contributed by atoms with Crippen LogP contribution in [0.3, 0.4) is 0 Å². The monoisotopic (exact) mass is 386 g/mol. The fraction of sp³-hybridized carbons (Fsp3) is 0.105. The molecule has 4 heterocycles. The second-order valence-corrected chi connectivity index (χ2v) is 6.21. The van der Waals surface area contributed by atoms with Crippen molar-refractivity contribution in [2.45, 2.75) is 6.42 Å². The maximum Gasteiger partial charge on any atom is 0.311 e. The summed E-state index contributed by atoms with van der Waals surface area (Å²) in [4.78, 5) is 20.4. The van der Waals surface area contributed by atoms with Crippen LogP contribution in [-0.4, -0.2) is 52.6 Å². The van der Waals surface area contributed by atoms with Crippen LogP contribution in [0.15, 0.2) is 54.9 Å². The number of para-hydroxylation sites is 1. The van der Waals surface area contributed by atoms with Crippen molar-refractivity contribution in [1.82, 2.24) is 39.6 Å². The molecule has 0 amide bonds. The highest BCUT2D eigenvalue weighted by Gasteiger charge is 2.21. The Morgan fingerprint density at radius 2 is 1.93 bits per heavy atom. The maximum absolute atomic E-state index is 11.9. The van der Waals surface area contributed by atoms with Crippen molar-refractivity contribution in [2.75, 3.05) is 7.11 Å². The Bertz CT molecular complexity index is 1330. The van der Waals surface area contributed by atoms with Crippen LogP contribution in [0.4, 0.5) is 0 Å². The van der Waals surface area contributed by atoms with Gasteiger partial charge in [-0.25, -0.2) is 4.68 Å². The molecular formula is C19H14N8O2. The van der Waals surface area contributed by atoms with E-state index in [0.29, 0.717) is 28.5 Å². The van der Waals surface area contributed by atoms with Crippen molar-refractivity contribution in [3.05, 3.63) is 60.6 Å². The first-order valence-electron chi connectivity index (χ1n) is 8.78. The summed E-state index contributed by atoms with van der Waals surface area (Å²) in [6.07, 6.45) is 3.33. The summed E-state index contributed by atoms with van der Waals surface area (Å²) in [6, 6.07) is 13.2. The first-order valence-corrected chi connectivity index (χ1v) is 8.78. The number of nitrogens with zero attached hydrogens (tertiary/aromatic N) is 8. The van der Waals surface area contributed by atoms with Crippen molar-refractivity contribution < 1.29 is 9.53 Å². The van der Waals surface area contributed by atoms with E-state index >= 15 is 0 Å². The van der Waals surface area contributed by atoms with Crippen LogP contribution >= 0.6 is 0 Å². The lowest BCUT2D eigenvalue weighted by Crippen LogP contribution is -2.06. The SMILES string of the molecule is COC(=O)Cc1nn(-c2ccccc2)c2c1nnc1nc(-c3cccnc3)nn12. The Hall–Kier alpha value is -4.21. The zero-order chi connectivity index (χ0) is 19.8. The first-order chi connectivity index (χ1) is 14.2. The Balaban J connectivity index is 1.79. The van der Waals surface area contributed by atoms with Crippen LogP contribution in [0.1, 0.15) is 5.69 Å². The Labute approximate surface area is 163 Å². The first kappa shape index (κ1) is 16.9. The van der Waals surface area contributed by atoms with Gasteiger partial charge in [-0.15, -0.1) is 15.3 Å². The molecule has 0 fully saturated rings. The van der Waals surface area contributed by atoms with Gasteiger partial charge in [0.2, 0.25) is 0 Å². The van der Waals surface area contributed by atoms with E-state index in [9.17, 15) is 4.79 Å². The van der Waals surface area contributed by atoms with Crippen LogP contribution in [-0.2, 0) is 16.0 Å². The fourth-order valence-corrected chi connectivity index (χ4v) is 3.04. The number of esters is 1. The maximum atomic E-state index is 11.9. The molecular weight excluding hydrogens is 372 g/mol. The van der Waals surface area contributed by atoms with Crippen molar-refractivity contribution in [3.63, 3.8) is 0 Å². The van der Waals surface area contributed by atoms with Gasteiger partial charge in [0.05, 0.1) is 19.2 Å². The van der Waals surface area contributed by atoms with Gasteiger partial charge < -0.3 is 4.74 Å². The number of methoxy groups -OCH3 is 1. The van der Waals surface area contributed by atoms with Crippen LogP contribution in [0, 0.1) is 0 Å². The summed E-state index contributed by atoms with van der Waals surface area (Å²) >= 11 is 0. The van der Waals surface area contributed by atoms with Crippen molar-refractivity contribution in [3.8, 4) is 17.1 Å². The van der Waals surface area contributed by atoms with Gasteiger partial charge in [-0.2, -0.15) is 14.6 Å². The van der Waals surface area contributed by atoms with E-state index in [1.807, 2.05) is 42.5 Å². The molecule has 29 heavy (non-hydrogen) atoms. The highest BCUT2D eigenvalue weighted by molar-refractivity contribution is 5.82. The molecule has 0 spiro atoms. The number of aromatic nitrogens is 8. The largest absolute Gasteiger partial charge is 0.469 e. The van der Waals surface area contributed by atoms with E-state index in [1.54, 1.807) is 21.6 Å². The molecule has 5 rings (SSSR count). The summed E-state index contributed by atoms with van der Waals surface area (Å²) in [5, 5.41) is 17.6. The van der Waals surface area contributed by atoms with Gasteiger partial charge in [0.25, 0.3) is 5.78 Å². The van der Waals surface area contributed by atoms with Crippen LogP contribution in [0.2, 0.25) is 0 Å². The predicted molar refractivity (Wildman–Crippen MR) is 102 cm³/mol. The van der Waals surface area contributed by atoms with Crippen molar-refractivity contribution >= 4 is 22.9 Å². The number of hydrogen-bond donors (Lipinski definition) is 0. The third-order valence-electron chi connectivity index (χ3n) is 4.40. The number of ether oxygens (including phenoxy) is 1. The zero-order valence-corrected chi connectivity index (χ0v) is 15.3.